The van der Waals surface area contributed by atoms with Crippen LogP contribution < -0.4 is 9.46 Å². The Kier molecular flexibility index (Phi) is 5.85. The van der Waals surface area contributed by atoms with E-state index in [2.05, 4.69) is 4.72 Å². The number of hydrogen-bond acceptors (Lipinski definition) is 3. The molecule has 0 unspecified atom stereocenters. The third-order valence-corrected chi connectivity index (χ3v) is 4.89. The van der Waals surface area contributed by atoms with Gasteiger partial charge in [-0.1, -0.05) is 12.1 Å². The molecule has 2 aromatic rings. The minimum Gasteiger partial charge on any atom is -0.494 e. The summed E-state index contributed by atoms with van der Waals surface area (Å²) in [5.74, 6) is 0.173. The minimum atomic E-state index is -3.77. The van der Waals surface area contributed by atoms with Crippen molar-refractivity contribution in [1.82, 2.24) is 0 Å². The van der Waals surface area contributed by atoms with E-state index in [1.807, 2.05) is 0 Å². The minimum absolute atomic E-state index is 0.118. The number of alkyl halides is 1. The summed E-state index contributed by atoms with van der Waals surface area (Å²) in [5.41, 5.74) is 1.20. The molecule has 0 radical (unpaired) electrons. The van der Waals surface area contributed by atoms with Crippen molar-refractivity contribution >= 4 is 27.3 Å². The second-order valence-corrected chi connectivity index (χ2v) is 6.95. The molecule has 0 amide bonds. The van der Waals surface area contributed by atoms with Crippen LogP contribution in [0.3, 0.4) is 0 Å². The van der Waals surface area contributed by atoms with Gasteiger partial charge in [0.1, 0.15) is 11.6 Å². The first-order chi connectivity index (χ1) is 11.0. The van der Waals surface area contributed by atoms with Crippen molar-refractivity contribution in [3.8, 4) is 5.75 Å². The number of anilines is 1. The molecule has 1 N–H and O–H groups in total. The van der Waals surface area contributed by atoms with Gasteiger partial charge in [0.2, 0.25) is 0 Å². The normalized spacial score (nSPS) is 11.3. The van der Waals surface area contributed by atoms with Gasteiger partial charge in [-0.05, 0) is 42.7 Å². The molecule has 0 bridgehead atoms. The highest BCUT2D eigenvalue weighted by atomic mass is 35.5. The Morgan fingerprint density at radius 2 is 1.87 bits per heavy atom. The molecule has 2 rings (SSSR count). The van der Waals surface area contributed by atoms with Gasteiger partial charge in [0.15, 0.2) is 0 Å². The van der Waals surface area contributed by atoms with Gasteiger partial charge in [0.25, 0.3) is 10.0 Å². The third-order valence-electron chi connectivity index (χ3n) is 3.24. The van der Waals surface area contributed by atoms with E-state index in [-0.39, 0.29) is 16.3 Å². The van der Waals surface area contributed by atoms with Crippen LogP contribution in [0.5, 0.6) is 5.75 Å². The van der Waals surface area contributed by atoms with Crippen LogP contribution in [0.1, 0.15) is 12.0 Å². The molecule has 0 atom stereocenters. The van der Waals surface area contributed by atoms with Crippen molar-refractivity contribution in [3.63, 3.8) is 0 Å². The predicted molar refractivity (Wildman–Crippen MR) is 89.2 cm³/mol. The number of benzene rings is 2. The Morgan fingerprint density at radius 1 is 1.17 bits per heavy atom. The fourth-order valence-electron chi connectivity index (χ4n) is 2.06. The highest BCUT2D eigenvalue weighted by molar-refractivity contribution is 7.92. The van der Waals surface area contributed by atoms with E-state index in [4.69, 9.17) is 16.3 Å². The standard InChI is InChI=1S/C16H17ClFNO3S/c1-22-16-11-13(18)6-9-15(16)19-23(20,21)14-7-4-12(5-8-14)3-2-10-17/h4-9,11,19H,2-3,10H2,1H3. The predicted octanol–water partition coefficient (Wildman–Crippen LogP) is 3.81. The first kappa shape index (κ1) is 17.6. The Labute approximate surface area is 140 Å². The first-order valence-corrected chi connectivity index (χ1v) is 8.99. The Hall–Kier alpha value is -1.79. The van der Waals surface area contributed by atoms with Crippen molar-refractivity contribution in [2.45, 2.75) is 17.7 Å². The Balaban J connectivity index is 2.22. The average molecular weight is 358 g/mol. The number of halogens is 2. The molecule has 2 aromatic carbocycles. The van der Waals surface area contributed by atoms with Gasteiger partial charge in [-0.2, -0.15) is 0 Å². The summed E-state index contributed by atoms with van der Waals surface area (Å²) in [7, 11) is -2.43. The maximum atomic E-state index is 13.2. The van der Waals surface area contributed by atoms with Crippen LogP contribution in [0, 0.1) is 5.82 Å². The number of rotatable bonds is 7. The largest absolute Gasteiger partial charge is 0.494 e. The smallest absolute Gasteiger partial charge is 0.262 e. The summed E-state index contributed by atoms with van der Waals surface area (Å²) in [6.45, 7) is 0. The van der Waals surface area contributed by atoms with E-state index < -0.39 is 15.8 Å². The number of sulfonamides is 1. The van der Waals surface area contributed by atoms with Crippen LogP contribution in [0.2, 0.25) is 0 Å². The number of hydrogen-bond donors (Lipinski definition) is 1. The third kappa shape index (κ3) is 4.59. The average Bonchev–Trinajstić information content (AvgIpc) is 2.54. The fraction of sp³-hybridized carbons (Fsp3) is 0.250. The van der Waals surface area contributed by atoms with E-state index in [9.17, 15) is 12.8 Å². The summed E-state index contributed by atoms with van der Waals surface area (Å²) >= 11 is 5.64. The number of methoxy groups -OCH3 is 1. The van der Waals surface area contributed by atoms with E-state index in [0.29, 0.717) is 5.88 Å². The molecule has 4 nitrogen and oxygen atoms in total. The maximum Gasteiger partial charge on any atom is 0.262 e. The lowest BCUT2D eigenvalue weighted by Crippen LogP contribution is -2.13. The van der Waals surface area contributed by atoms with Crippen LogP contribution in [-0.4, -0.2) is 21.4 Å². The molecule has 0 spiro atoms. The molecule has 0 fully saturated rings. The summed E-state index contributed by atoms with van der Waals surface area (Å²) in [4.78, 5) is 0.124. The lowest BCUT2D eigenvalue weighted by atomic mass is 10.1. The molecular formula is C16H17ClFNO3S. The van der Waals surface area contributed by atoms with Crippen LogP contribution >= 0.6 is 11.6 Å². The van der Waals surface area contributed by atoms with Gasteiger partial charge in [0, 0.05) is 11.9 Å². The zero-order valence-electron chi connectivity index (χ0n) is 12.6. The van der Waals surface area contributed by atoms with Gasteiger partial charge in [-0.25, -0.2) is 12.8 Å². The van der Waals surface area contributed by atoms with Crippen LogP contribution in [-0.2, 0) is 16.4 Å². The number of nitrogens with one attached hydrogen (secondary N) is 1. The zero-order chi connectivity index (χ0) is 16.9. The molecule has 0 heterocycles. The van der Waals surface area contributed by atoms with Crippen molar-refractivity contribution in [2.75, 3.05) is 17.7 Å². The van der Waals surface area contributed by atoms with Gasteiger partial charge < -0.3 is 4.74 Å². The zero-order valence-corrected chi connectivity index (χ0v) is 14.1. The second-order valence-electron chi connectivity index (χ2n) is 4.89. The quantitative estimate of drug-likeness (QED) is 0.767. The molecule has 0 aliphatic rings. The highest BCUT2D eigenvalue weighted by Crippen LogP contribution is 2.27. The van der Waals surface area contributed by atoms with E-state index in [0.717, 1.165) is 30.5 Å². The maximum absolute atomic E-state index is 13.2. The Morgan fingerprint density at radius 3 is 2.48 bits per heavy atom. The summed E-state index contributed by atoms with van der Waals surface area (Å²) < 4.78 is 45.4. The summed E-state index contributed by atoms with van der Waals surface area (Å²) in [6.07, 6.45) is 1.63. The Bertz CT molecular complexity index is 763. The lowest BCUT2D eigenvalue weighted by Gasteiger charge is -2.12. The molecular weight excluding hydrogens is 341 g/mol. The van der Waals surface area contributed by atoms with Crippen LogP contribution in [0.15, 0.2) is 47.4 Å². The number of aryl methyl sites for hydroxylation is 1. The highest BCUT2D eigenvalue weighted by Gasteiger charge is 2.16. The van der Waals surface area contributed by atoms with Crippen molar-refractivity contribution in [1.29, 1.82) is 0 Å². The fourth-order valence-corrected chi connectivity index (χ4v) is 3.26. The van der Waals surface area contributed by atoms with Gasteiger partial charge >= 0.3 is 0 Å². The summed E-state index contributed by atoms with van der Waals surface area (Å²) in [6, 6.07) is 10.2. The van der Waals surface area contributed by atoms with Crippen molar-refractivity contribution < 1.29 is 17.5 Å². The van der Waals surface area contributed by atoms with Crippen molar-refractivity contribution in [2.24, 2.45) is 0 Å². The van der Waals surface area contributed by atoms with Gasteiger partial charge in [-0.3, -0.25) is 4.72 Å². The monoisotopic (exact) mass is 357 g/mol. The topological polar surface area (TPSA) is 55.4 Å². The lowest BCUT2D eigenvalue weighted by molar-refractivity contribution is 0.413. The molecule has 0 aromatic heterocycles. The molecule has 23 heavy (non-hydrogen) atoms. The molecule has 124 valence electrons. The van der Waals surface area contributed by atoms with Crippen LogP contribution in [0.4, 0.5) is 10.1 Å². The second kappa shape index (κ2) is 7.66. The van der Waals surface area contributed by atoms with E-state index in [1.165, 1.54) is 25.3 Å². The summed E-state index contributed by atoms with van der Waals surface area (Å²) in [5, 5.41) is 0. The van der Waals surface area contributed by atoms with Gasteiger partial charge in [-0.15, -0.1) is 11.6 Å². The van der Waals surface area contributed by atoms with E-state index >= 15 is 0 Å². The molecule has 0 saturated carbocycles. The molecule has 0 aliphatic heterocycles. The molecule has 7 heteroatoms. The first-order valence-electron chi connectivity index (χ1n) is 6.97. The number of ether oxygens (including phenoxy) is 1. The van der Waals surface area contributed by atoms with Crippen molar-refractivity contribution in [3.05, 3.63) is 53.8 Å². The SMILES string of the molecule is COc1cc(F)ccc1NS(=O)(=O)c1ccc(CCCCl)cc1. The molecule has 0 saturated heterocycles. The van der Waals surface area contributed by atoms with Gasteiger partial charge in [0.05, 0.1) is 17.7 Å². The van der Waals surface area contributed by atoms with Crippen LogP contribution in [0.25, 0.3) is 0 Å². The van der Waals surface area contributed by atoms with E-state index in [1.54, 1.807) is 12.1 Å². The molecule has 0 aliphatic carbocycles.